The fourth-order valence-corrected chi connectivity index (χ4v) is 3.67. The predicted molar refractivity (Wildman–Crippen MR) is 83.2 cm³/mol. The van der Waals surface area contributed by atoms with E-state index in [0.717, 1.165) is 35.5 Å². The van der Waals surface area contributed by atoms with Crippen LogP contribution in [0.3, 0.4) is 0 Å². The van der Waals surface area contributed by atoms with Crippen LogP contribution < -0.4 is 5.32 Å². The Hall–Kier alpha value is -1.16. The topological polar surface area (TPSA) is 32.3 Å². The minimum absolute atomic E-state index is 0.146. The van der Waals surface area contributed by atoms with Gasteiger partial charge in [-0.3, -0.25) is 4.79 Å². The maximum Gasteiger partial charge on any atom is 0.254 e. The molecular weight excluding hydrogens is 256 g/mol. The zero-order valence-corrected chi connectivity index (χ0v) is 12.7. The predicted octanol–water partition coefficient (Wildman–Crippen LogP) is 3.00. The molecule has 1 aromatic rings. The maximum atomic E-state index is 12.5. The monoisotopic (exact) mass is 278 g/mol. The van der Waals surface area contributed by atoms with E-state index >= 15 is 0 Å². The lowest BCUT2D eigenvalue weighted by Gasteiger charge is -2.24. The second kappa shape index (κ2) is 6.33. The quantitative estimate of drug-likeness (QED) is 0.919. The fourth-order valence-electron chi connectivity index (χ4n) is 2.40. The van der Waals surface area contributed by atoms with E-state index < -0.39 is 0 Å². The van der Waals surface area contributed by atoms with Crippen LogP contribution in [0, 0.1) is 6.92 Å². The summed E-state index contributed by atoms with van der Waals surface area (Å²) in [6.45, 7) is 4.97. The molecular formula is C15H22N2OS. The molecule has 1 unspecified atom stereocenters. The maximum absolute atomic E-state index is 12.5. The first-order valence-corrected chi connectivity index (χ1v) is 7.98. The highest BCUT2D eigenvalue weighted by molar-refractivity contribution is 7.99. The van der Waals surface area contributed by atoms with Crippen molar-refractivity contribution < 1.29 is 4.79 Å². The van der Waals surface area contributed by atoms with Gasteiger partial charge in [-0.25, -0.2) is 0 Å². The molecule has 1 fully saturated rings. The first kappa shape index (κ1) is 14.3. The number of hydrogen-bond acceptors (Lipinski definition) is 3. The van der Waals surface area contributed by atoms with Crippen LogP contribution in [0.2, 0.25) is 0 Å². The molecule has 1 saturated heterocycles. The number of nitrogens with zero attached hydrogens (tertiary/aromatic N) is 1. The molecule has 1 amide bonds. The van der Waals surface area contributed by atoms with Crippen LogP contribution in [0.5, 0.6) is 0 Å². The summed E-state index contributed by atoms with van der Waals surface area (Å²) >= 11 is 1.93. The van der Waals surface area contributed by atoms with Crippen LogP contribution in [0.4, 0.5) is 5.69 Å². The number of aryl methyl sites for hydroxylation is 1. The number of carbonyl (C=O) groups excluding carboxylic acids is 1. The Bertz CT molecular complexity index is 455. The van der Waals surface area contributed by atoms with Crippen molar-refractivity contribution in [2.24, 2.45) is 0 Å². The summed E-state index contributed by atoms with van der Waals surface area (Å²) in [4.78, 5) is 14.4. The lowest BCUT2D eigenvalue weighted by molar-refractivity contribution is 0.0747. The Morgan fingerprint density at radius 1 is 1.53 bits per heavy atom. The normalized spacial score (nSPS) is 18.4. The van der Waals surface area contributed by atoms with Gasteiger partial charge in [0.2, 0.25) is 0 Å². The molecule has 1 atom stereocenters. The lowest BCUT2D eigenvalue weighted by Crippen LogP contribution is -2.37. The summed E-state index contributed by atoms with van der Waals surface area (Å²) in [5.41, 5.74) is 2.94. The smallest absolute Gasteiger partial charge is 0.254 e. The highest BCUT2D eigenvalue weighted by atomic mass is 32.2. The highest BCUT2D eigenvalue weighted by Gasteiger charge is 2.25. The van der Waals surface area contributed by atoms with Gasteiger partial charge in [-0.1, -0.05) is 0 Å². The fraction of sp³-hybridized carbons (Fsp3) is 0.533. The Kier molecular flexibility index (Phi) is 4.75. The molecule has 1 aliphatic heterocycles. The summed E-state index contributed by atoms with van der Waals surface area (Å²) in [6, 6.07) is 6.37. The van der Waals surface area contributed by atoms with Gasteiger partial charge in [0, 0.05) is 36.6 Å². The highest BCUT2D eigenvalue weighted by Crippen LogP contribution is 2.24. The molecule has 0 bridgehead atoms. The van der Waals surface area contributed by atoms with E-state index in [4.69, 9.17) is 0 Å². The molecule has 0 radical (unpaired) electrons. The molecule has 0 saturated carbocycles. The van der Waals surface area contributed by atoms with E-state index in [1.165, 1.54) is 5.75 Å². The summed E-state index contributed by atoms with van der Waals surface area (Å²) in [6.07, 6.45) is 1.11. The third-order valence-corrected chi connectivity index (χ3v) is 4.76. The zero-order valence-electron chi connectivity index (χ0n) is 11.9. The average molecular weight is 278 g/mol. The molecule has 19 heavy (non-hydrogen) atoms. The number of amides is 1. The third-order valence-electron chi connectivity index (χ3n) is 3.61. The molecule has 3 nitrogen and oxygen atoms in total. The van der Waals surface area contributed by atoms with Crippen molar-refractivity contribution in [3.63, 3.8) is 0 Å². The van der Waals surface area contributed by atoms with E-state index in [-0.39, 0.29) is 5.91 Å². The van der Waals surface area contributed by atoms with Gasteiger partial charge in [0.05, 0.1) is 0 Å². The molecule has 4 heteroatoms. The minimum atomic E-state index is 0.146. The molecule has 2 rings (SSSR count). The van der Waals surface area contributed by atoms with Crippen molar-refractivity contribution in [1.29, 1.82) is 0 Å². The van der Waals surface area contributed by atoms with Gasteiger partial charge < -0.3 is 10.2 Å². The van der Waals surface area contributed by atoms with Crippen molar-refractivity contribution in [1.82, 2.24) is 4.90 Å². The lowest BCUT2D eigenvalue weighted by atomic mass is 10.1. The van der Waals surface area contributed by atoms with Crippen molar-refractivity contribution in [2.45, 2.75) is 26.3 Å². The van der Waals surface area contributed by atoms with Gasteiger partial charge in [0.15, 0.2) is 0 Å². The molecule has 0 spiro atoms. The zero-order chi connectivity index (χ0) is 13.8. The number of nitrogens with one attached hydrogen (secondary N) is 1. The second-order valence-electron chi connectivity index (χ2n) is 4.99. The molecule has 1 aromatic carbocycles. The first-order valence-electron chi connectivity index (χ1n) is 6.83. The van der Waals surface area contributed by atoms with E-state index in [2.05, 4.69) is 12.2 Å². The average Bonchev–Trinajstić information content (AvgIpc) is 2.91. The number of anilines is 1. The molecule has 1 aliphatic rings. The van der Waals surface area contributed by atoms with Crippen molar-refractivity contribution in [3.05, 3.63) is 29.3 Å². The van der Waals surface area contributed by atoms with Gasteiger partial charge in [0.25, 0.3) is 5.91 Å². The van der Waals surface area contributed by atoms with Gasteiger partial charge in [-0.2, -0.15) is 11.8 Å². The standard InChI is InChI=1S/C15H22N2OS/c1-4-16-12-5-6-14(11(2)9-12)15(18)17(3)13-7-8-19-10-13/h5-6,9,13,16H,4,7-8,10H2,1-3H3. The largest absolute Gasteiger partial charge is 0.385 e. The molecule has 104 valence electrons. The van der Waals surface area contributed by atoms with Crippen LogP contribution in [0.1, 0.15) is 29.3 Å². The van der Waals surface area contributed by atoms with Crippen LogP contribution in [-0.4, -0.2) is 41.9 Å². The second-order valence-corrected chi connectivity index (χ2v) is 6.14. The van der Waals surface area contributed by atoms with Gasteiger partial charge in [-0.05, 0) is 49.8 Å². The van der Waals surface area contributed by atoms with Gasteiger partial charge in [-0.15, -0.1) is 0 Å². The third kappa shape index (κ3) is 3.24. The van der Waals surface area contributed by atoms with E-state index in [1.54, 1.807) is 0 Å². The summed E-state index contributed by atoms with van der Waals surface area (Å²) in [7, 11) is 1.93. The molecule has 1 heterocycles. The molecule has 0 aliphatic carbocycles. The number of hydrogen-bond donors (Lipinski definition) is 1. The summed E-state index contributed by atoms with van der Waals surface area (Å²) < 4.78 is 0. The van der Waals surface area contributed by atoms with Crippen LogP contribution >= 0.6 is 11.8 Å². The number of carbonyl (C=O) groups is 1. The SMILES string of the molecule is CCNc1ccc(C(=O)N(C)C2CCSC2)c(C)c1. The van der Waals surface area contributed by atoms with Crippen molar-refractivity contribution >= 4 is 23.4 Å². The Morgan fingerprint density at radius 2 is 2.32 bits per heavy atom. The van der Waals surface area contributed by atoms with E-state index in [0.29, 0.717) is 6.04 Å². The number of thioether (sulfide) groups is 1. The number of benzene rings is 1. The van der Waals surface area contributed by atoms with Crippen molar-refractivity contribution in [2.75, 3.05) is 30.4 Å². The Balaban J connectivity index is 2.14. The van der Waals surface area contributed by atoms with Gasteiger partial charge in [0.1, 0.15) is 0 Å². The number of rotatable bonds is 4. The first-order chi connectivity index (χ1) is 9.13. The van der Waals surface area contributed by atoms with E-state index in [1.807, 2.05) is 48.8 Å². The Labute approximate surface area is 119 Å². The molecule has 0 aromatic heterocycles. The minimum Gasteiger partial charge on any atom is -0.385 e. The molecule has 1 N–H and O–H groups in total. The summed E-state index contributed by atoms with van der Waals surface area (Å²) in [5.74, 6) is 2.38. The van der Waals surface area contributed by atoms with Crippen LogP contribution in [-0.2, 0) is 0 Å². The van der Waals surface area contributed by atoms with Gasteiger partial charge >= 0.3 is 0 Å². The Morgan fingerprint density at radius 3 is 2.89 bits per heavy atom. The van der Waals surface area contributed by atoms with Crippen LogP contribution in [0.25, 0.3) is 0 Å². The van der Waals surface area contributed by atoms with E-state index in [9.17, 15) is 4.79 Å². The summed E-state index contributed by atoms with van der Waals surface area (Å²) in [5, 5.41) is 3.27. The van der Waals surface area contributed by atoms with Crippen LogP contribution in [0.15, 0.2) is 18.2 Å². The van der Waals surface area contributed by atoms with Crippen molar-refractivity contribution in [3.8, 4) is 0 Å².